The van der Waals surface area contributed by atoms with Gasteiger partial charge in [0, 0.05) is 19.2 Å². The topological polar surface area (TPSA) is 62.3 Å². The number of carbonyl (C=O) groups is 2. The van der Waals surface area contributed by atoms with Crippen LogP contribution >= 0.6 is 0 Å². The lowest BCUT2D eigenvalue weighted by atomic mass is 10.0. The lowest BCUT2D eigenvalue weighted by Crippen LogP contribution is -2.39. The van der Waals surface area contributed by atoms with Crippen LogP contribution in [0.5, 0.6) is 0 Å². The van der Waals surface area contributed by atoms with Crippen LogP contribution in [0.15, 0.2) is 48.7 Å². The largest absolute Gasteiger partial charge is 0.349 e. The van der Waals surface area contributed by atoms with Gasteiger partial charge in [-0.3, -0.25) is 14.6 Å². The predicted octanol–water partition coefficient (Wildman–Crippen LogP) is 3.71. The first kappa shape index (κ1) is 19.1. The van der Waals surface area contributed by atoms with Crippen molar-refractivity contribution in [3.8, 4) is 0 Å². The fourth-order valence-corrected chi connectivity index (χ4v) is 3.43. The summed E-state index contributed by atoms with van der Waals surface area (Å²) in [5.74, 6) is -0.0842. The van der Waals surface area contributed by atoms with Gasteiger partial charge in [0.15, 0.2) is 0 Å². The standard InChI is InChI=1S/C22H27N3O2/c1-15-7-9-18(10-8-15)21(24-17(3)26)14-22(27)25(19-11-12-19)16(2)20-6-4-5-13-23-20/h4-10,13,16,19,21H,11-12,14H2,1-3H3,(H,24,26). The maximum Gasteiger partial charge on any atom is 0.225 e. The van der Waals surface area contributed by atoms with Crippen LogP contribution in [0.2, 0.25) is 0 Å². The molecule has 1 aromatic carbocycles. The molecular weight excluding hydrogens is 338 g/mol. The second-order valence-electron chi connectivity index (χ2n) is 7.33. The number of hydrogen-bond donors (Lipinski definition) is 1. The molecule has 2 aromatic rings. The number of aromatic nitrogens is 1. The minimum absolute atomic E-state index is 0.0509. The molecule has 1 N–H and O–H groups in total. The maximum atomic E-state index is 13.2. The average molecular weight is 365 g/mol. The number of nitrogens with zero attached hydrogens (tertiary/aromatic N) is 2. The first-order valence-corrected chi connectivity index (χ1v) is 9.51. The molecule has 1 heterocycles. The zero-order chi connectivity index (χ0) is 19.4. The number of amides is 2. The molecule has 27 heavy (non-hydrogen) atoms. The van der Waals surface area contributed by atoms with Gasteiger partial charge in [0.2, 0.25) is 11.8 Å². The molecule has 5 nitrogen and oxygen atoms in total. The summed E-state index contributed by atoms with van der Waals surface area (Å²) in [4.78, 5) is 31.3. The van der Waals surface area contributed by atoms with Gasteiger partial charge in [0.1, 0.15) is 0 Å². The average Bonchev–Trinajstić information content (AvgIpc) is 3.47. The lowest BCUT2D eigenvalue weighted by molar-refractivity contribution is -0.135. The molecule has 2 unspecified atom stereocenters. The Morgan fingerprint density at radius 3 is 2.44 bits per heavy atom. The third-order valence-electron chi connectivity index (χ3n) is 5.00. The van der Waals surface area contributed by atoms with E-state index in [2.05, 4.69) is 10.3 Å². The van der Waals surface area contributed by atoms with Crippen molar-refractivity contribution >= 4 is 11.8 Å². The van der Waals surface area contributed by atoms with Crippen LogP contribution < -0.4 is 5.32 Å². The highest BCUT2D eigenvalue weighted by molar-refractivity contribution is 5.80. The smallest absolute Gasteiger partial charge is 0.225 e. The Morgan fingerprint density at radius 2 is 1.89 bits per heavy atom. The molecule has 5 heteroatoms. The molecule has 1 fully saturated rings. The van der Waals surface area contributed by atoms with Gasteiger partial charge >= 0.3 is 0 Å². The van der Waals surface area contributed by atoms with Crippen molar-refractivity contribution in [1.29, 1.82) is 0 Å². The molecule has 0 bridgehead atoms. The zero-order valence-electron chi connectivity index (χ0n) is 16.2. The third kappa shape index (κ3) is 4.94. The molecule has 1 saturated carbocycles. The fourth-order valence-electron chi connectivity index (χ4n) is 3.43. The van der Waals surface area contributed by atoms with Gasteiger partial charge in [-0.25, -0.2) is 0 Å². The van der Waals surface area contributed by atoms with E-state index in [0.29, 0.717) is 0 Å². The van der Waals surface area contributed by atoms with Crippen LogP contribution in [0.3, 0.4) is 0 Å². The number of aryl methyl sites for hydroxylation is 1. The Hall–Kier alpha value is -2.69. The second-order valence-corrected chi connectivity index (χ2v) is 7.33. The van der Waals surface area contributed by atoms with E-state index in [0.717, 1.165) is 29.7 Å². The summed E-state index contributed by atoms with van der Waals surface area (Å²) in [5, 5.41) is 2.94. The van der Waals surface area contributed by atoms with Gasteiger partial charge in [-0.1, -0.05) is 35.9 Å². The normalized spacial score (nSPS) is 15.7. The Kier molecular flexibility index (Phi) is 5.89. The predicted molar refractivity (Wildman–Crippen MR) is 105 cm³/mol. The SMILES string of the molecule is CC(=O)NC(CC(=O)N(C1CC1)C(C)c1ccccn1)c1ccc(C)cc1. The minimum atomic E-state index is -0.326. The molecular formula is C22H27N3O2. The van der Waals surface area contributed by atoms with Crippen LogP contribution in [0.25, 0.3) is 0 Å². The molecule has 2 atom stereocenters. The highest BCUT2D eigenvalue weighted by Gasteiger charge is 2.37. The van der Waals surface area contributed by atoms with Crippen LogP contribution in [-0.4, -0.2) is 27.7 Å². The van der Waals surface area contributed by atoms with E-state index in [4.69, 9.17) is 0 Å². The quantitative estimate of drug-likeness (QED) is 0.814. The number of benzene rings is 1. The van der Waals surface area contributed by atoms with Crippen LogP contribution in [0.1, 0.15) is 62.0 Å². The Morgan fingerprint density at radius 1 is 1.19 bits per heavy atom. The van der Waals surface area contributed by atoms with E-state index < -0.39 is 0 Å². The molecule has 0 aliphatic heterocycles. The highest BCUT2D eigenvalue weighted by Crippen LogP contribution is 2.35. The van der Waals surface area contributed by atoms with Gasteiger partial charge in [0.05, 0.1) is 24.2 Å². The Balaban J connectivity index is 1.79. The van der Waals surface area contributed by atoms with E-state index in [9.17, 15) is 9.59 Å². The van der Waals surface area contributed by atoms with Crippen LogP contribution in [-0.2, 0) is 9.59 Å². The third-order valence-corrected chi connectivity index (χ3v) is 5.00. The molecule has 0 radical (unpaired) electrons. The highest BCUT2D eigenvalue weighted by atomic mass is 16.2. The molecule has 1 aliphatic carbocycles. The number of hydrogen-bond acceptors (Lipinski definition) is 3. The van der Waals surface area contributed by atoms with Gasteiger partial charge in [-0.15, -0.1) is 0 Å². The van der Waals surface area contributed by atoms with Crippen molar-refractivity contribution < 1.29 is 9.59 Å². The van der Waals surface area contributed by atoms with E-state index in [1.54, 1.807) is 6.20 Å². The summed E-state index contributed by atoms with van der Waals surface area (Å²) < 4.78 is 0. The first-order chi connectivity index (χ1) is 13.0. The van der Waals surface area contributed by atoms with Gasteiger partial charge in [-0.2, -0.15) is 0 Å². The summed E-state index contributed by atoms with van der Waals surface area (Å²) >= 11 is 0. The van der Waals surface area contributed by atoms with Crippen molar-refractivity contribution in [1.82, 2.24) is 15.2 Å². The van der Waals surface area contributed by atoms with Crippen molar-refractivity contribution in [2.45, 2.75) is 58.2 Å². The van der Waals surface area contributed by atoms with E-state index in [1.807, 2.05) is 61.2 Å². The molecule has 142 valence electrons. The fraction of sp³-hybridized carbons (Fsp3) is 0.409. The number of rotatable bonds is 7. The number of pyridine rings is 1. The molecule has 1 aromatic heterocycles. The summed E-state index contributed by atoms with van der Waals surface area (Å²) in [6.45, 7) is 5.53. The number of carbonyl (C=O) groups excluding carboxylic acids is 2. The molecule has 0 saturated heterocycles. The summed E-state index contributed by atoms with van der Waals surface area (Å²) in [7, 11) is 0. The van der Waals surface area contributed by atoms with Crippen LogP contribution in [0.4, 0.5) is 0 Å². The van der Waals surface area contributed by atoms with Crippen molar-refractivity contribution in [3.05, 3.63) is 65.5 Å². The summed E-state index contributed by atoms with van der Waals surface area (Å²) in [5.41, 5.74) is 2.99. The molecule has 3 rings (SSSR count). The number of nitrogens with one attached hydrogen (secondary N) is 1. The van der Waals surface area contributed by atoms with E-state index in [1.165, 1.54) is 6.92 Å². The monoisotopic (exact) mass is 365 g/mol. The molecule has 2 amide bonds. The van der Waals surface area contributed by atoms with Crippen molar-refractivity contribution in [2.24, 2.45) is 0 Å². The maximum absolute atomic E-state index is 13.2. The van der Waals surface area contributed by atoms with Gasteiger partial charge < -0.3 is 10.2 Å². The first-order valence-electron chi connectivity index (χ1n) is 9.51. The molecule has 1 aliphatic rings. The summed E-state index contributed by atoms with van der Waals surface area (Å²) in [6.07, 6.45) is 4.06. The van der Waals surface area contributed by atoms with Crippen molar-refractivity contribution in [3.63, 3.8) is 0 Å². The second kappa shape index (κ2) is 8.33. The van der Waals surface area contributed by atoms with Gasteiger partial charge in [0.25, 0.3) is 0 Å². The van der Waals surface area contributed by atoms with Crippen LogP contribution in [0, 0.1) is 6.92 Å². The zero-order valence-corrected chi connectivity index (χ0v) is 16.2. The Bertz CT molecular complexity index is 785. The van der Waals surface area contributed by atoms with E-state index >= 15 is 0 Å². The molecule has 0 spiro atoms. The van der Waals surface area contributed by atoms with E-state index in [-0.39, 0.29) is 36.4 Å². The van der Waals surface area contributed by atoms with Gasteiger partial charge in [-0.05, 0) is 44.4 Å². The minimum Gasteiger partial charge on any atom is -0.349 e. The Labute approximate surface area is 160 Å². The summed E-state index contributed by atoms with van der Waals surface area (Å²) in [6, 6.07) is 13.6. The van der Waals surface area contributed by atoms with Crippen molar-refractivity contribution in [2.75, 3.05) is 0 Å². The lowest BCUT2D eigenvalue weighted by Gasteiger charge is -2.31.